The molecule has 33 nitrogen and oxygen atoms in total. The third kappa shape index (κ3) is 33.4. The molecule has 2 heterocycles. The van der Waals surface area contributed by atoms with Crippen molar-refractivity contribution in [3.05, 3.63) is 210 Å². The molecule has 8 rings (SSSR count). The fourth-order valence-electron chi connectivity index (χ4n) is 11.1. The monoisotopic (exact) mass is 1560 g/mol. The van der Waals surface area contributed by atoms with E-state index in [9.17, 15) is 58.6 Å². The predicted molar refractivity (Wildman–Crippen MR) is 417 cm³/mol. The smallest absolute Gasteiger partial charge is 0.405 e. The highest BCUT2D eigenvalue weighted by Crippen LogP contribution is 2.31. The van der Waals surface area contributed by atoms with Gasteiger partial charge in [-0.05, 0) is 54.6 Å². The number of carboxylic acid groups (broad SMARTS) is 1. The first-order valence-electron chi connectivity index (χ1n) is 36.7. The average molecular weight is 1560 g/mol. The van der Waals surface area contributed by atoms with Gasteiger partial charge in [0.05, 0.1) is 176 Å². The molecule has 604 valence electrons. The van der Waals surface area contributed by atoms with Crippen LogP contribution in [0.4, 0.5) is 32.3 Å². The number of anilines is 2. The summed E-state index contributed by atoms with van der Waals surface area (Å²) >= 11 is 0. The van der Waals surface area contributed by atoms with E-state index < -0.39 is 45.9 Å². The van der Waals surface area contributed by atoms with E-state index in [1.165, 1.54) is 56.6 Å². The van der Waals surface area contributed by atoms with Crippen molar-refractivity contribution in [2.24, 2.45) is 5.73 Å². The SMILES string of the molecule is CN.CNC(=O)NC(CC(=O)NCCOCCOCCOCCOCCC(=O)NCCC(=O)N1Cc2ccccc2C#Cc2ccccc21)c1ccccc1[N+](=O)[O-].O=C(O)NC(CC(=O)NCCOCCOCCOCCOCCC(=O)NCCC(=O)N1Cc2ccccc2C#Cc2ccccc21)c1ccccc1[N+](=O)[O-]. The lowest BCUT2D eigenvalue weighted by molar-refractivity contribution is -0.385. The molecule has 2 aliphatic rings. The quantitative estimate of drug-likeness (QED) is 0.00932. The number of hydrogen-bond acceptors (Lipinski definition) is 21. The molecule has 6 aromatic carbocycles. The van der Waals surface area contributed by atoms with Gasteiger partial charge in [-0.2, -0.15) is 0 Å². The van der Waals surface area contributed by atoms with Crippen LogP contribution in [0.1, 0.15) is 95.1 Å². The largest absolute Gasteiger partial charge is 0.465 e. The van der Waals surface area contributed by atoms with Gasteiger partial charge in [0, 0.05) is 93.3 Å². The molecule has 0 bridgehead atoms. The van der Waals surface area contributed by atoms with Gasteiger partial charge in [0.2, 0.25) is 35.4 Å². The number of hydrogen-bond donors (Lipinski definition) is 9. The number of nitro groups is 2. The summed E-state index contributed by atoms with van der Waals surface area (Å²) in [4.78, 5) is 124. The first-order chi connectivity index (χ1) is 55.0. The van der Waals surface area contributed by atoms with Crippen LogP contribution in [0.3, 0.4) is 0 Å². The minimum absolute atomic E-state index is 0.0899. The van der Waals surface area contributed by atoms with Crippen molar-refractivity contribution in [2.45, 2.75) is 63.7 Å². The second-order valence-corrected chi connectivity index (χ2v) is 24.4. The number of urea groups is 1. The van der Waals surface area contributed by atoms with Crippen LogP contribution < -0.4 is 52.8 Å². The second-order valence-electron chi connectivity index (χ2n) is 24.4. The number of ether oxygens (including phenoxy) is 8. The summed E-state index contributed by atoms with van der Waals surface area (Å²) in [6.45, 7) is 6.17. The van der Waals surface area contributed by atoms with Crippen molar-refractivity contribution < 1.29 is 91.2 Å². The molecule has 6 aromatic rings. The summed E-state index contributed by atoms with van der Waals surface area (Å²) in [7, 11) is 2.91. The Kier molecular flexibility index (Phi) is 41.8. The predicted octanol–water partition coefficient (Wildman–Crippen LogP) is 5.87. The Balaban J connectivity index is 0.000000345. The molecular weight excluding hydrogens is 1460 g/mol. The standard InChI is InChI=1S/C40H48N6O10.C39H45N5O11.CH5N/c1-41-40(50)44-34(33-11-5-7-13-36(33)46(51)52)28-38(48)43-19-21-54-23-25-56-27-26-55-24-22-53-20-17-37(47)42-18-16-39(49)45-29-32-10-3-2-8-30(32)14-15-31-9-4-6-12-35(31)45;45-36(40-17-15-38(47)43-28-31-9-2-1-7-29(31)13-14-30-8-3-5-11-34(30)43)16-19-52-21-23-54-25-26-55-24-22-53-20-18-41-37(46)27-33(42-39(48)49)32-10-4-6-12-35(32)44(50)51;1-2/h2-13,34H,16-29H2,1H3,(H,42,47)(H,43,48)(H2,41,44,50);1-12,33,42H,15-28H2,(H,40,45)(H,41,46)(H,48,49);2H2,1H3. The number of carbonyl (C=O) groups excluding carboxylic acids is 7. The van der Waals surface area contributed by atoms with Crippen molar-refractivity contribution in [2.75, 3.05) is 156 Å². The topological polar surface area (TPSA) is 434 Å². The maximum Gasteiger partial charge on any atom is 0.405 e. The first-order valence-corrected chi connectivity index (χ1v) is 36.7. The number of rotatable bonds is 46. The van der Waals surface area contributed by atoms with Crippen LogP contribution in [-0.2, 0) is 79.8 Å². The molecule has 0 aliphatic carbocycles. The maximum atomic E-state index is 13.3. The highest BCUT2D eigenvalue weighted by molar-refractivity contribution is 5.96. The van der Waals surface area contributed by atoms with Gasteiger partial charge in [-0.25, -0.2) is 9.59 Å². The van der Waals surface area contributed by atoms with Crippen molar-refractivity contribution in [3.8, 4) is 23.7 Å². The second kappa shape index (κ2) is 52.4. The number of carbonyl (C=O) groups is 8. The molecule has 2 unspecified atom stereocenters. The van der Waals surface area contributed by atoms with Gasteiger partial charge in [0.15, 0.2) is 0 Å². The molecule has 0 saturated carbocycles. The van der Waals surface area contributed by atoms with Crippen LogP contribution in [0.15, 0.2) is 146 Å². The summed E-state index contributed by atoms with van der Waals surface area (Å²) < 4.78 is 43.7. The van der Waals surface area contributed by atoms with Gasteiger partial charge in [0.25, 0.3) is 11.4 Å². The zero-order chi connectivity index (χ0) is 81.2. The third-order valence-corrected chi connectivity index (χ3v) is 16.6. The molecule has 2 atom stereocenters. The van der Waals surface area contributed by atoms with Gasteiger partial charge in [0.1, 0.15) is 0 Å². The van der Waals surface area contributed by atoms with Crippen molar-refractivity contribution >= 4 is 70.3 Å². The number of para-hydroxylation sites is 4. The Morgan fingerprint density at radius 1 is 0.407 bits per heavy atom. The number of benzene rings is 6. The van der Waals surface area contributed by atoms with Crippen molar-refractivity contribution in [1.29, 1.82) is 0 Å². The van der Waals surface area contributed by atoms with Crippen LogP contribution in [0.2, 0.25) is 0 Å². The lowest BCUT2D eigenvalue weighted by Gasteiger charge is -2.26. The van der Waals surface area contributed by atoms with E-state index in [1.807, 2.05) is 97.1 Å². The molecule has 113 heavy (non-hydrogen) atoms. The van der Waals surface area contributed by atoms with Crippen LogP contribution >= 0.6 is 0 Å². The number of nitro benzene ring substituents is 2. The van der Waals surface area contributed by atoms with Crippen LogP contribution in [-0.4, -0.2) is 209 Å². The number of nitrogens with two attached hydrogens (primary N) is 1. The number of amides is 9. The van der Waals surface area contributed by atoms with E-state index >= 15 is 0 Å². The van der Waals surface area contributed by atoms with Gasteiger partial charge >= 0.3 is 12.1 Å². The molecule has 0 radical (unpaired) electrons. The Hall–Kier alpha value is -11.8. The Morgan fingerprint density at radius 2 is 0.717 bits per heavy atom. The summed E-state index contributed by atoms with van der Waals surface area (Å²) in [5.74, 6) is 11.2. The maximum absolute atomic E-state index is 13.3. The average Bonchev–Trinajstić information content (AvgIpc) is 0.812. The zero-order valence-corrected chi connectivity index (χ0v) is 63.3. The number of fused-ring (bicyclic) bond motifs is 4. The van der Waals surface area contributed by atoms with E-state index in [-0.39, 0.29) is 144 Å². The third-order valence-electron chi connectivity index (χ3n) is 16.6. The highest BCUT2D eigenvalue weighted by Gasteiger charge is 2.29. The molecule has 0 spiro atoms. The molecule has 0 aromatic heterocycles. The molecule has 0 saturated heterocycles. The minimum atomic E-state index is -1.41. The molecule has 10 N–H and O–H groups in total. The van der Waals surface area contributed by atoms with Gasteiger partial charge in [-0.1, -0.05) is 121 Å². The number of nitrogens with zero attached hydrogens (tertiary/aromatic N) is 4. The Bertz CT molecular complexity index is 4200. The number of nitrogens with one attached hydrogen (secondary N) is 7. The van der Waals surface area contributed by atoms with Gasteiger partial charge in [-0.15, -0.1) is 0 Å². The summed E-state index contributed by atoms with van der Waals surface area (Å²) in [6.07, 6.45) is -1.35. The van der Waals surface area contributed by atoms with Gasteiger partial charge < -0.3 is 95.8 Å². The molecule has 2 aliphatic heterocycles. The molecule has 33 heteroatoms. The summed E-state index contributed by atoms with van der Waals surface area (Å²) in [5, 5.41) is 49.9. The van der Waals surface area contributed by atoms with Crippen molar-refractivity contribution in [3.63, 3.8) is 0 Å². The van der Waals surface area contributed by atoms with E-state index in [1.54, 1.807) is 15.9 Å². The minimum Gasteiger partial charge on any atom is -0.465 e. The lowest BCUT2D eigenvalue weighted by atomic mass is 10.0. The van der Waals surface area contributed by atoms with Crippen molar-refractivity contribution in [1.82, 2.24) is 37.2 Å². The van der Waals surface area contributed by atoms with E-state index in [0.29, 0.717) is 85.8 Å². The van der Waals surface area contributed by atoms with E-state index in [4.69, 9.17) is 43.0 Å². The summed E-state index contributed by atoms with van der Waals surface area (Å²) in [6, 6.07) is 39.6. The van der Waals surface area contributed by atoms with Gasteiger partial charge in [-0.3, -0.25) is 49.0 Å². The fraction of sp³-hybridized carbons (Fsp3) is 0.400. The zero-order valence-electron chi connectivity index (χ0n) is 63.3. The van der Waals surface area contributed by atoms with E-state index in [2.05, 4.69) is 66.6 Å². The Morgan fingerprint density at radius 3 is 1.09 bits per heavy atom. The van der Waals surface area contributed by atoms with Crippen LogP contribution in [0, 0.1) is 43.9 Å². The molecule has 9 amide bonds. The Labute approximate surface area is 655 Å². The molecule has 0 fully saturated rings. The molecular formula is C80H98N12O21. The van der Waals surface area contributed by atoms with Crippen LogP contribution in [0.5, 0.6) is 0 Å². The highest BCUT2D eigenvalue weighted by atomic mass is 16.6. The normalized spacial score (nSPS) is 11.9. The fourth-order valence-corrected chi connectivity index (χ4v) is 11.1. The van der Waals surface area contributed by atoms with E-state index in [0.717, 1.165) is 44.8 Å². The van der Waals surface area contributed by atoms with Crippen LogP contribution in [0.25, 0.3) is 0 Å². The summed E-state index contributed by atoms with van der Waals surface area (Å²) in [5.41, 5.74) is 11.1. The lowest BCUT2D eigenvalue weighted by Crippen LogP contribution is -2.39. The first kappa shape index (κ1) is 90.1.